The molecule has 1 fully saturated rings. The highest BCUT2D eigenvalue weighted by Gasteiger charge is 2.19. The van der Waals surface area contributed by atoms with Crippen LogP contribution in [0.4, 0.5) is 0 Å². The molecular formula is C20H33N3O3. The van der Waals surface area contributed by atoms with Gasteiger partial charge in [-0.05, 0) is 25.5 Å². The van der Waals surface area contributed by atoms with Gasteiger partial charge in [0, 0.05) is 37.1 Å². The van der Waals surface area contributed by atoms with Gasteiger partial charge in [-0.15, -0.1) is 0 Å². The molecule has 6 nitrogen and oxygen atoms in total. The Balaban J connectivity index is 2.07. The van der Waals surface area contributed by atoms with Crippen LogP contribution in [0, 0.1) is 12.3 Å². The number of nitrogens with zero attached hydrogens (tertiary/aromatic N) is 1. The quantitative estimate of drug-likeness (QED) is 0.488. The van der Waals surface area contributed by atoms with Crippen LogP contribution in [-0.2, 0) is 11.3 Å². The number of aliphatic hydroxyl groups excluding tert-OH is 1. The smallest absolute Gasteiger partial charge is 0.191 e. The number of ether oxygens (including phenoxy) is 2. The van der Waals surface area contributed by atoms with Crippen LogP contribution < -0.4 is 15.4 Å². The minimum atomic E-state index is -0.198. The monoisotopic (exact) mass is 363 g/mol. The lowest BCUT2D eigenvalue weighted by atomic mass is 9.95. The van der Waals surface area contributed by atoms with E-state index in [2.05, 4.69) is 40.7 Å². The molecule has 0 saturated carbocycles. The average Bonchev–Trinajstić information content (AvgIpc) is 3.12. The highest BCUT2D eigenvalue weighted by atomic mass is 16.5. The molecule has 1 saturated heterocycles. The van der Waals surface area contributed by atoms with Gasteiger partial charge in [0.2, 0.25) is 0 Å². The molecule has 1 unspecified atom stereocenters. The summed E-state index contributed by atoms with van der Waals surface area (Å²) in [6.45, 7) is 11.6. The fourth-order valence-electron chi connectivity index (χ4n) is 2.57. The number of aliphatic imine (C=N–C) groups is 1. The molecule has 0 amide bonds. The summed E-state index contributed by atoms with van der Waals surface area (Å²) in [4.78, 5) is 4.69. The van der Waals surface area contributed by atoms with E-state index in [0.717, 1.165) is 36.8 Å². The fourth-order valence-corrected chi connectivity index (χ4v) is 2.57. The van der Waals surface area contributed by atoms with Crippen LogP contribution in [0.2, 0.25) is 0 Å². The lowest BCUT2D eigenvalue weighted by Gasteiger charge is -2.23. The number of rotatable bonds is 8. The maximum absolute atomic E-state index is 9.42. The second-order valence-electron chi connectivity index (χ2n) is 7.59. The normalized spacial score (nSPS) is 18.0. The Kier molecular flexibility index (Phi) is 7.72. The van der Waals surface area contributed by atoms with Crippen LogP contribution in [-0.4, -0.2) is 50.1 Å². The van der Waals surface area contributed by atoms with Gasteiger partial charge in [-0.1, -0.05) is 26.0 Å². The minimum absolute atomic E-state index is 0.122. The summed E-state index contributed by atoms with van der Waals surface area (Å²) in [5.41, 5.74) is 2.03. The maximum atomic E-state index is 9.42. The maximum Gasteiger partial charge on any atom is 0.191 e. The van der Waals surface area contributed by atoms with E-state index in [1.807, 2.05) is 20.8 Å². The van der Waals surface area contributed by atoms with Crippen LogP contribution in [0.3, 0.4) is 0 Å². The van der Waals surface area contributed by atoms with Crippen molar-refractivity contribution in [2.24, 2.45) is 10.4 Å². The molecular weight excluding hydrogens is 330 g/mol. The molecule has 1 atom stereocenters. The van der Waals surface area contributed by atoms with Crippen molar-refractivity contribution in [3.63, 3.8) is 0 Å². The Labute approximate surface area is 157 Å². The van der Waals surface area contributed by atoms with Gasteiger partial charge in [0.25, 0.3) is 0 Å². The Morgan fingerprint density at radius 2 is 2.19 bits per heavy atom. The van der Waals surface area contributed by atoms with Crippen LogP contribution >= 0.6 is 0 Å². The van der Waals surface area contributed by atoms with Gasteiger partial charge in [0.05, 0.1) is 19.8 Å². The van der Waals surface area contributed by atoms with Crippen LogP contribution in [0.15, 0.2) is 23.2 Å². The van der Waals surface area contributed by atoms with Crippen LogP contribution in [0.5, 0.6) is 5.75 Å². The van der Waals surface area contributed by atoms with Crippen molar-refractivity contribution in [2.45, 2.75) is 46.8 Å². The molecule has 1 aromatic rings. The molecule has 1 aromatic carbocycles. The van der Waals surface area contributed by atoms with Gasteiger partial charge in [-0.2, -0.15) is 0 Å². The summed E-state index contributed by atoms with van der Waals surface area (Å²) < 4.78 is 11.6. The van der Waals surface area contributed by atoms with Crippen molar-refractivity contribution in [3.05, 3.63) is 29.3 Å². The first-order valence-corrected chi connectivity index (χ1v) is 9.40. The molecule has 0 bridgehead atoms. The van der Waals surface area contributed by atoms with Gasteiger partial charge >= 0.3 is 0 Å². The second-order valence-corrected chi connectivity index (χ2v) is 7.59. The molecule has 3 N–H and O–H groups in total. The topological polar surface area (TPSA) is 75.1 Å². The highest BCUT2D eigenvalue weighted by Crippen LogP contribution is 2.24. The van der Waals surface area contributed by atoms with Gasteiger partial charge in [0.1, 0.15) is 11.9 Å². The number of aryl methyl sites for hydroxylation is 1. The molecule has 26 heavy (non-hydrogen) atoms. The third kappa shape index (κ3) is 6.50. The third-order valence-electron chi connectivity index (χ3n) is 4.32. The second kappa shape index (κ2) is 9.78. The van der Waals surface area contributed by atoms with E-state index < -0.39 is 0 Å². The molecule has 146 valence electrons. The SMILES string of the molecule is CCNC(=NCc1ccc(C)cc1OC1CCOC1)NCC(C)(C)CO. The Morgan fingerprint density at radius 1 is 1.38 bits per heavy atom. The van der Waals surface area contributed by atoms with Gasteiger partial charge in [-0.3, -0.25) is 0 Å². The summed E-state index contributed by atoms with van der Waals surface area (Å²) in [5, 5.41) is 16.0. The van der Waals surface area contributed by atoms with Crippen molar-refractivity contribution in [1.29, 1.82) is 0 Å². The fraction of sp³-hybridized carbons (Fsp3) is 0.650. The van der Waals surface area contributed by atoms with Gasteiger partial charge < -0.3 is 25.2 Å². The zero-order chi connectivity index (χ0) is 19.0. The van der Waals surface area contributed by atoms with E-state index in [-0.39, 0.29) is 18.1 Å². The zero-order valence-electron chi connectivity index (χ0n) is 16.5. The summed E-state index contributed by atoms with van der Waals surface area (Å²) in [6, 6.07) is 6.22. The Morgan fingerprint density at radius 3 is 2.85 bits per heavy atom. The minimum Gasteiger partial charge on any atom is -0.488 e. The number of benzene rings is 1. The summed E-state index contributed by atoms with van der Waals surface area (Å²) in [7, 11) is 0. The molecule has 0 spiro atoms. The summed E-state index contributed by atoms with van der Waals surface area (Å²) in [6.07, 6.45) is 1.05. The molecule has 0 aromatic heterocycles. The van der Waals surface area contributed by atoms with E-state index in [1.54, 1.807) is 0 Å². The van der Waals surface area contributed by atoms with E-state index in [4.69, 9.17) is 9.47 Å². The highest BCUT2D eigenvalue weighted by molar-refractivity contribution is 5.79. The number of hydrogen-bond acceptors (Lipinski definition) is 4. The number of aliphatic hydroxyl groups is 1. The van der Waals surface area contributed by atoms with Crippen LogP contribution in [0.25, 0.3) is 0 Å². The van der Waals surface area contributed by atoms with Crippen LogP contribution in [0.1, 0.15) is 38.3 Å². The predicted molar refractivity (Wildman–Crippen MR) is 105 cm³/mol. The van der Waals surface area contributed by atoms with E-state index in [9.17, 15) is 5.11 Å². The third-order valence-corrected chi connectivity index (χ3v) is 4.32. The molecule has 1 aliphatic heterocycles. The largest absolute Gasteiger partial charge is 0.488 e. The molecule has 2 rings (SSSR count). The van der Waals surface area contributed by atoms with Crippen molar-refractivity contribution in [1.82, 2.24) is 10.6 Å². The summed E-state index contributed by atoms with van der Waals surface area (Å²) in [5.74, 6) is 1.63. The Hall–Kier alpha value is -1.79. The number of nitrogens with one attached hydrogen (secondary N) is 2. The van der Waals surface area contributed by atoms with Crippen molar-refractivity contribution >= 4 is 5.96 Å². The molecule has 6 heteroatoms. The lowest BCUT2D eigenvalue weighted by molar-refractivity contribution is 0.140. The lowest BCUT2D eigenvalue weighted by Crippen LogP contribution is -2.43. The average molecular weight is 364 g/mol. The van der Waals surface area contributed by atoms with Gasteiger partial charge in [-0.25, -0.2) is 4.99 Å². The first-order valence-electron chi connectivity index (χ1n) is 9.40. The van der Waals surface area contributed by atoms with Gasteiger partial charge in [0.15, 0.2) is 5.96 Å². The van der Waals surface area contributed by atoms with E-state index in [1.165, 1.54) is 5.56 Å². The molecule has 1 aliphatic rings. The zero-order valence-corrected chi connectivity index (χ0v) is 16.5. The first-order chi connectivity index (χ1) is 12.4. The summed E-state index contributed by atoms with van der Waals surface area (Å²) >= 11 is 0. The molecule has 0 aliphatic carbocycles. The first kappa shape index (κ1) is 20.5. The molecule has 1 heterocycles. The Bertz CT molecular complexity index is 596. The molecule has 0 radical (unpaired) electrons. The van der Waals surface area contributed by atoms with Crippen molar-refractivity contribution in [3.8, 4) is 5.75 Å². The van der Waals surface area contributed by atoms with Crippen molar-refractivity contribution < 1.29 is 14.6 Å². The number of guanidine groups is 1. The predicted octanol–water partition coefficient (Wildman–Crippen LogP) is 2.24. The van der Waals surface area contributed by atoms with Crippen molar-refractivity contribution in [2.75, 3.05) is 32.9 Å². The number of hydrogen-bond donors (Lipinski definition) is 3. The van der Waals surface area contributed by atoms with E-state index >= 15 is 0 Å². The van der Waals surface area contributed by atoms with E-state index in [0.29, 0.717) is 19.7 Å². The standard InChI is InChI=1S/C20H33N3O3/c1-5-21-19(23-13-20(3,4)14-24)22-11-16-7-6-15(2)10-18(16)26-17-8-9-25-12-17/h6-7,10,17,24H,5,8-9,11-14H2,1-4H3,(H2,21,22,23).